The lowest BCUT2D eigenvalue weighted by molar-refractivity contribution is -0.259. The molecule has 6 nitrogen and oxygen atoms in total. The lowest BCUT2D eigenvalue weighted by atomic mass is 9.92. The number of rotatable bonds is 8. The van der Waals surface area contributed by atoms with Gasteiger partial charge in [0.2, 0.25) is 0 Å². The second kappa shape index (κ2) is 8.04. The first-order valence-corrected chi connectivity index (χ1v) is 10.5. The largest absolute Gasteiger partial charge is 0.374 e. The molecule has 3 saturated heterocycles. The van der Waals surface area contributed by atoms with E-state index in [-0.39, 0.29) is 18.3 Å². The van der Waals surface area contributed by atoms with E-state index in [1.54, 1.807) is 0 Å². The SMILES string of the molecule is CC1(C)O[C@H]2O[C@@](COCc3ccccc3)([C@H]3CO3)[C@@H](OCc3ccccc3)[C@H]2O1. The molecule has 160 valence electrons. The van der Waals surface area contributed by atoms with Crippen LogP contribution in [0.5, 0.6) is 0 Å². The number of hydrogen-bond donors (Lipinski definition) is 0. The average molecular weight is 412 g/mol. The molecule has 2 aromatic rings. The summed E-state index contributed by atoms with van der Waals surface area (Å²) in [7, 11) is 0. The van der Waals surface area contributed by atoms with Crippen LogP contribution in [0, 0.1) is 0 Å². The summed E-state index contributed by atoms with van der Waals surface area (Å²) in [5.74, 6) is -0.717. The highest BCUT2D eigenvalue weighted by atomic mass is 16.9. The fraction of sp³-hybridized carbons (Fsp3) is 0.500. The maximum Gasteiger partial charge on any atom is 0.190 e. The van der Waals surface area contributed by atoms with Gasteiger partial charge in [0, 0.05) is 0 Å². The number of hydrogen-bond acceptors (Lipinski definition) is 6. The summed E-state index contributed by atoms with van der Waals surface area (Å²) in [6.45, 7) is 5.69. The maximum atomic E-state index is 6.45. The molecule has 0 N–H and O–H groups in total. The molecule has 30 heavy (non-hydrogen) atoms. The van der Waals surface area contributed by atoms with E-state index in [9.17, 15) is 0 Å². The van der Waals surface area contributed by atoms with Gasteiger partial charge in [0.1, 0.15) is 18.3 Å². The van der Waals surface area contributed by atoms with E-state index in [0.717, 1.165) is 11.1 Å². The van der Waals surface area contributed by atoms with Crippen LogP contribution in [0.2, 0.25) is 0 Å². The van der Waals surface area contributed by atoms with Crippen LogP contribution in [0.4, 0.5) is 0 Å². The van der Waals surface area contributed by atoms with Crippen molar-refractivity contribution in [2.24, 2.45) is 0 Å². The zero-order valence-corrected chi connectivity index (χ0v) is 17.4. The van der Waals surface area contributed by atoms with Crippen molar-refractivity contribution in [2.45, 2.75) is 63.1 Å². The maximum absolute atomic E-state index is 6.45. The van der Waals surface area contributed by atoms with Crippen LogP contribution in [0.1, 0.15) is 25.0 Å². The molecule has 0 saturated carbocycles. The molecule has 2 aromatic carbocycles. The van der Waals surface area contributed by atoms with Gasteiger partial charge in [-0.05, 0) is 25.0 Å². The number of benzene rings is 2. The highest BCUT2D eigenvalue weighted by Crippen LogP contribution is 2.48. The van der Waals surface area contributed by atoms with Crippen LogP contribution < -0.4 is 0 Å². The summed E-state index contributed by atoms with van der Waals surface area (Å²) in [6, 6.07) is 20.2. The van der Waals surface area contributed by atoms with Crippen molar-refractivity contribution >= 4 is 0 Å². The Balaban J connectivity index is 1.35. The Bertz CT molecular complexity index is 837. The Hall–Kier alpha value is -1.80. The Morgan fingerprint density at radius 1 is 0.867 bits per heavy atom. The molecule has 0 spiro atoms. The van der Waals surface area contributed by atoms with E-state index in [1.807, 2.05) is 74.5 Å². The minimum absolute atomic E-state index is 0.102. The van der Waals surface area contributed by atoms with Gasteiger partial charge in [0.15, 0.2) is 17.7 Å². The summed E-state index contributed by atoms with van der Waals surface area (Å²) in [5, 5.41) is 0. The Labute approximate surface area is 177 Å². The predicted molar refractivity (Wildman–Crippen MR) is 108 cm³/mol. The Morgan fingerprint density at radius 3 is 2.13 bits per heavy atom. The van der Waals surface area contributed by atoms with Crippen LogP contribution in [0.3, 0.4) is 0 Å². The molecule has 0 radical (unpaired) electrons. The van der Waals surface area contributed by atoms with Gasteiger partial charge >= 0.3 is 0 Å². The summed E-state index contributed by atoms with van der Waals surface area (Å²) in [4.78, 5) is 0. The quantitative estimate of drug-likeness (QED) is 0.619. The lowest BCUT2D eigenvalue weighted by Crippen LogP contribution is -2.54. The van der Waals surface area contributed by atoms with Crippen molar-refractivity contribution in [1.29, 1.82) is 0 Å². The molecule has 0 bridgehead atoms. The minimum Gasteiger partial charge on any atom is -0.374 e. The third kappa shape index (κ3) is 4.04. The van der Waals surface area contributed by atoms with Gasteiger partial charge in [-0.2, -0.15) is 0 Å². The standard InChI is InChI=1S/C24H28O6/c1-23(2)28-20-21(27-14-18-11-7-4-8-12-18)24(19-15-26-19,30-22(20)29-23)16-25-13-17-9-5-3-6-10-17/h3-12,19-22H,13-16H2,1-2H3/t19-,20-,21+,22+,24+/m1/s1. The van der Waals surface area contributed by atoms with Crippen molar-refractivity contribution in [2.75, 3.05) is 13.2 Å². The molecule has 6 heteroatoms. The van der Waals surface area contributed by atoms with Gasteiger partial charge in [-0.25, -0.2) is 0 Å². The van der Waals surface area contributed by atoms with Crippen LogP contribution in [-0.4, -0.2) is 49.2 Å². The number of epoxide rings is 1. The van der Waals surface area contributed by atoms with Gasteiger partial charge in [-0.15, -0.1) is 0 Å². The molecule has 5 atom stereocenters. The smallest absolute Gasteiger partial charge is 0.190 e. The van der Waals surface area contributed by atoms with Gasteiger partial charge in [-0.3, -0.25) is 0 Å². The van der Waals surface area contributed by atoms with E-state index in [4.69, 9.17) is 28.4 Å². The number of fused-ring (bicyclic) bond motifs is 1. The van der Waals surface area contributed by atoms with Crippen molar-refractivity contribution < 1.29 is 28.4 Å². The van der Waals surface area contributed by atoms with Gasteiger partial charge in [0.25, 0.3) is 0 Å². The van der Waals surface area contributed by atoms with Gasteiger partial charge < -0.3 is 28.4 Å². The van der Waals surface area contributed by atoms with Crippen molar-refractivity contribution in [3.63, 3.8) is 0 Å². The summed E-state index contributed by atoms with van der Waals surface area (Å²) < 4.78 is 36.9. The Morgan fingerprint density at radius 2 is 1.50 bits per heavy atom. The van der Waals surface area contributed by atoms with Crippen molar-refractivity contribution in [3.05, 3.63) is 71.8 Å². The molecule has 3 heterocycles. The normalized spacial score (nSPS) is 34.1. The zero-order valence-electron chi connectivity index (χ0n) is 17.4. The molecule has 0 amide bonds. The van der Waals surface area contributed by atoms with Crippen LogP contribution in [-0.2, 0) is 41.6 Å². The second-order valence-electron chi connectivity index (χ2n) is 8.56. The molecule has 0 aromatic heterocycles. The molecular formula is C24H28O6. The second-order valence-corrected chi connectivity index (χ2v) is 8.56. The van der Waals surface area contributed by atoms with Gasteiger partial charge in [-0.1, -0.05) is 60.7 Å². The minimum atomic E-state index is -0.768. The molecule has 0 unspecified atom stereocenters. The highest BCUT2D eigenvalue weighted by Gasteiger charge is 2.68. The molecule has 3 aliphatic heterocycles. The first-order chi connectivity index (χ1) is 14.6. The van der Waals surface area contributed by atoms with E-state index in [1.165, 1.54) is 0 Å². The fourth-order valence-electron chi connectivity index (χ4n) is 4.31. The lowest BCUT2D eigenvalue weighted by Gasteiger charge is -2.35. The van der Waals surface area contributed by atoms with E-state index >= 15 is 0 Å². The predicted octanol–water partition coefficient (Wildman–Crippen LogP) is 3.43. The van der Waals surface area contributed by atoms with E-state index in [0.29, 0.717) is 26.4 Å². The molecule has 3 aliphatic rings. The summed E-state index contributed by atoms with van der Waals surface area (Å²) >= 11 is 0. The van der Waals surface area contributed by atoms with Crippen LogP contribution in [0.25, 0.3) is 0 Å². The summed E-state index contributed by atoms with van der Waals surface area (Å²) in [5.41, 5.74) is 1.43. The molecule has 3 fully saturated rings. The molecule has 0 aliphatic carbocycles. The molecule has 5 rings (SSSR count). The first kappa shape index (κ1) is 20.1. The highest BCUT2D eigenvalue weighted by molar-refractivity contribution is 5.16. The summed E-state index contributed by atoms with van der Waals surface area (Å²) in [6.07, 6.45) is -1.32. The monoisotopic (exact) mass is 412 g/mol. The van der Waals surface area contributed by atoms with E-state index in [2.05, 4.69) is 0 Å². The fourth-order valence-corrected chi connectivity index (χ4v) is 4.31. The zero-order chi connectivity index (χ0) is 20.6. The van der Waals surface area contributed by atoms with Crippen molar-refractivity contribution in [1.82, 2.24) is 0 Å². The van der Waals surface area contributed by atoms with E-state index < -0.39 is 17.7 Å². The Kier molecular flexibility index (Phi) is 5.39. The number of ether oxygens (including phenoxy) is 6. The topological polar surface area (TPSA) is 58.7 Å². The first-order valence-electron chi connectivity index (χ1n) is 10.5. The third-order valence-corrected chi connectivity index (χ3v) is 5.79. The average Bonchev–Trinajstić information content (AvgIpc) is 3.50. The molecular weight excluding hydrogens is 384 g/mol. The van der Waals surface area contributed by atoms with Crippen LogP contribution in [0.15, 0.2) is 60.7 Å². The van der Waals surface area contributed by atoms with Crippen molar-refractivity contribution in [3.8, 4) is 0 Å². The third-order valence-electron chi connectivity index (χ3n) is 5.79. The van der Waals surface area contributed by atoms with Gasteiger partial charge in [0.05, 0.1) is 26.4 Å². The van der Waals surface area contributed by atoms with Crippen LogP contribution >= 0.6 is 0 Å².